The van der Waals surface area contributed by atoms with Gasteiger partial charge in [0.15, 0.2) is 0 Å². The van der Waals surface area contributed by atoms with Gasteiger partial charge < -0.3 is 10.5 Å². The fraction of sp³-hybridized carbons (Fsp3) is 0.300. The van der Waals surface area contributed by atoms with Gasteiger partial charge in [0.1, 0.15) is 11.7 Å². The number of benzene rings is 1. The van der Waals surface area contributed by atoms with Gasteiger partial charge in [-0.05, 0) is 18.2 Å². The van der Waals surface area contributed by atoms with Crippen LogP contribution in [0.5, 0.6) is 0 Å². The molecule has 0 aliphatic carbocycles. The fourth-order valence-electron chi connectivity index (χ4n) is 1.29. The standard InChI is InChI=1S/C10H15FN4O3S/c1-18-5-4-14-19(16,17)15-9-3-2-7(11)6-8(9)10(12)13/h2-3,6,14-15H,4-5H2,1H3,(H3,12,13). The molecule has 0 fully saturated rings. The van der Waals surface area contributed by atoms with Gasteiger partial charge in [-0.2, -0.15) is 13.1 Å². The van der Waals surface area contributed by atoms with Crippen LogP contribution in [0.15, 0.2) is 18.2 Å². The number of rotatable bonds is 7. The number of nitrogens with two attached hydrogens (primary N) is 1. The number of methoxy groups -OCH3 is 1. The number of nitrogens with one attached hydrogen (secondary N) is 3. The van der Waals surface area contributed by atoms with Crippen molar-refractivity contribution in [3.63, 3.8) is 0 Å². The minimum atomic E-state index is -3.83. The molecule has 19 heavy (non-hydrogen) atoms. The van der Waals surface area contributed by atoms with Crippen molar-refractivity contribution >= 4 is 21.7 Å². The lowest BCUT2D eigenvalue weighted by Gasteiger charge is -2.12. The quantitative estimate of drug-likeness (QED) is 0.321. The van der Waals surface area contributed by atoms with Crippen molar-refractivity contribution in [1.82, 2.24) is 4.72 Å². The van der Waals surface area contributed by atoms with Crippen LogP contribution in [0.2, 0.25) is 0 Å². The maximum atomic E-state index is 13.0. The van der Waals surface area contributed by atoms with E-state index >= 15 is 0 Å². The van der Waals surface area contributed by atoms with Crippen molar-refractivity contribution in [2.24, 2.45) is 5.73 Å². The zero-order valence-corrected chi connectivity index (χ0v) is 11.1. The van der Waals surface area contributed by atoms with E-state index in [2.05, 4.69) is 9.44 Å². The van der Waals surface area contributed by atoms with Crippen LogP contribution in [0.3, 0.4) is 0 Å². The molecule has 0 radical (unpaired) electrons. The van der Waals surface area contributed by atoms with Crippen LogP contribution in [0.1, 0.15) is 5.56 Å². The van der Waals surface area contributed by atoms with Crippen LogP contribution in [-0.4, -0.2) is 34.5 Å². The van der Waals surface area contributed by atoms with Crippen molar-refractivity contribution in [3.05, 3.63) is 29.6 Å². The summed E-state index contributed by atoms with van der Waals surface area (Å²) in [5.41, 5.74) is 5.26. The highest BCUT2D eigenvalue weighted by Crippen LogP contribution is 2.17. The summed E-state index contributed by atoms with van der Waals surface area (Å²) in [5.74, 6) is -1.05. The van der Waals surface area contributed by atoms with E-state index in [0.29, 0.717) is 0 Å². The molecule has 0 aliphatic rings. The summed E-state index contributed by atoms with van der Waals surface area (Å²) in [7, 11) is -2.39. The van der Waals surface area contributed by atoms with Gasteiger partial charge in [-0.1, -0.05) is 0 Å². The second kappa shape index (κ2) is 6.45. The first-order valence-corrected chi connectivity index (χ1v) is 6.74. The van der Waals surface area contributed by atoms with Gasteiger partial charge in [0.2, 0.25) is 0 Å². The lowest BCUT2D eigenvalue weighted by Crippen LogP contribution is -2.33. The van der Waals surface area contributed by atoms with Gasteiger partial charge >= 0.3 is 0 Å². The Labute approximate surface area is 110 Å². The zero-order valence-electron chi connectivity index (χ0n) is 10.2. The Balaban J connectivity index is 2.90. The predicted octanol–water partition coefficient (Wildman–Crippen LogP) is 0.00247. The normalized spacial score (nSPS) is 11.3. The van der Waals surface area contributed by atoms with Crippen LogP contribution in [-0.2, 0) is 14.9 Å². The van der Waals surface area contributed by atoms with Crippen molar-refractivity contribution in [3.8, 4) is 0 Å². The average Bonchev–Trinajstić information content (AvgIpc) is 2.31. The summed E-state index contributed by atoms with van der Waals surface area (Å²) in [5, 5.41) is 7.28. The molecule has 0 aliphatic heterocycles. The highest BCUT2D eigenvalue weighted by atomic mass is 32.2. The van der Waals surface area contributed by atoms with E-state index in [4.69, 9.17) is 15.9 Å². The zero-order chi connectivity index (χ0) is 14.5. The number of amidine groups is 1. The second-order valence-corrected chi connectivity index (χ2v) is 5.10. The Kier molecular flexibility index (Phi) is 5.21. The smallest absolute Gasteiger partial charge is 0.299 e. The van der Waals surface area contributed by atoms with Gasteiger partial charge in [0.05, 0.1) is 12.3 Å². The number of anilines is 1. The first-order chi connectivity index (χ1) is 8.85. The monoisotopic (exact) mass is 290 g/mol. The van der Waals surface area contributed by atoms with Gasteiger partial charge in [-0.25, -0.2) is 4.39 Å². The Morgan fingerprint density at radius 2 is 2.21 bits per heavy atom. The van der Waals surface area contributed by atoms with Crippen LogP contribution >= 0.6 is 0 Å². The molecule has 0 aromatic heterocycles. The van der Waals surface area contributed by atoms with Crippen LogP contribution in [0.25, 0.3) is 0 Å². The third kappa shape index (κ3) is 4.81. The molecule has 0 saturated carbocycles. The summed E-state index contributed by atoms with van der Waals surface area (Å²) in [6.07, 6.45) is 0. The molecular formula is C10H15FN4O3S. The average molecular weight is 290 g/mol. The molecule has 0 atom stereocenters. The summed E-state index contributed by atoms with van der Waals surface area (Å²) < 4.78 is 45.4. The Morgan fingerprint density at radius 1 is 1.53 bits per heavy atom. The number of hydrogen-bond donors (Lipinski definition) is 4. The van der Waals surface area contributed by atoms with E-state index in [1.165, 1.54) is 13.2 Å². The lowest BCUT2D eigenvalue weighted by atomic mass is 10.1. The van der Waals surface area contributed by atoms with Crippen LogP contribution in [0, 0.1) is 11.2 Å². The minimum Gasteiger partial charge on any atom is -0.384 e. The van der Waals surface area contributed by atoms with E-state index in [1.54, 1.807) is 0 Å². The molecule has 7 nitrogen and oxygen atoms in total. The van der Waals surface area contributed by atoms with Gasteiger partial charge in [0.25, 0.3) is 10.2 Å². The maximum absolute atomic E-state index is 13.0. The lowest BCUT2D eigenvalue weighted by molar-refractivity contribution is 0.204. The summed E-state index contributed by atoms with van der Waals surface area (Å²) in [6.45, 7) is 0.298. The van der Waals surface area contributed by atoms with Gasteiger partial charge in [-0.3, -0.25) is 10.1 Å². The second-order valence-electron chi connectivity index (χ2n) is 3.60. The minimum absolute atomic E-state index is 0.0267. The number of halogens is 1. The van der Waals surface area contributed by atoms with Crippen molar-refractivity contribution in [1.29, 1.82) is 5.41 Å². The number of ether oxygens (including phenoxy) is 1. The number of nitrogen functional groups attached to an aromatic ring is 1. The molecule has 0 amide bonds. The molecule has 1 rings (SSSR count). The topological polar surface area (TPSA) is 117 Å². The largest absolute Gasteiger partial charge is 0.384 e. The van der Waals surface area contributed by atoms with Crippen LogP contribution < -0.4 is 15.2 Å². The Bertz CT molecular complexity index is 562. The Hall–Kier alpha value is -1.71. The molecule has 0 heterocycles. The molecule has 0 bridgehead atoms. The van der Waals surface area contributed by atoms with E-state index in [-0.39, 0.29) is 24.4 Å². The van der Waals surface area contributed by atoms with Gasteiger partial charge in [0, 0.05) is 19.2 Å². The molecule has 1 aromatic rings. The summed E-state index contributed by atoms with van der Waals surface area (Å²) in [4.78, 5) is 0. The molecule has 5 N–H and O–H groups in total. The highest BCUT2D eigenvalue weighted by Gasteiger charge is 2.14. The Morgan fingerprint density at radius 3 is 2.79 bits per heavy atom. The molecule has 0 saturated heterocycles. The maximum Gasteiger partial charge on any atom is 0.299 e. The number of hydrogen-bond acceptors (Lipinski definition) is 4. The molecule has 9 heteroatoms. The molecule has 0 unspecified atom stereocenters. The van der Waals surface area contributed by atoms with Crippen molar-refractivity contribution in [2.45, 2.75) is 0 Å². The van der Waals surface area contributed by atoms with Crippen LogP contribution in [0.4, 0.5) is 10.1 Å². The molecule has 1 aromatic carbocycles. The first kappa shape index (κ1) is 15.3. The first-order valence-electron chi connectivity index (χ1n) is 5.26. The molecular weight excluding hydrogens is 275 g/mol. The van der Waals surface area contributed by atoms with Crippen molar-refractivity contribution in [2.75, 3.05) is 25.0 Å². The third-order valence-electron chi connectivity index (χ3n) is 2.11. The van der Waals surface area contributed by atoms with E-state index in [0.717, 1.165) is 12.1 Å². The van der Waals surface area contributed by atoms with Crippen molar-refractivity contribution < 1.29 is 17.5 Å². The predicted molar refractivity (Wildman–Crippen MR) is 69.8 cm³/mol. The third-order valence-corrected chi connectivity index (χ3v) is 3.19. The SMILES string of the molecule is COCCNS(=O)(=O)Nc1ccc(F)cc1C(=N)N. The van der Waals surface area contributed by atoms with E-state index in [9.17, 15) is 12.8 Å². The highest BCUT2D eigenvalue weighted by molar-refractivity contribution is 7.90. The van der Waals surface area contributed by atoms with E-state index in [1.807, 2.05) is 0 Å². The van der Waals surface area contributed by atoms with E-state index < -0.39 is 21.9 Å². The molecule has 106 valence electrons. The molecule has 0 spiro atoms. The fourth-order valence-corrected chi connectivity index (χ4v) is 2.18. The summed E-state index contributed by atoms with van der Waals surface area (Å²) in [6, 6.07) is 3.25. The van der Waals surface area contributed by atoms with Gasteiger partial charge in [-0.15, -0.1) is 0 Å². The summed E-state index contributed by atoms with van der Waals surface area (Å²) >= 11 is 0.